The zero-order valence-corrected chi connectivity index (χ0v) is 22.5. The number of nitrogens with zero attached hydrogens (tertiary/aromatic N) is 2. The number of carboxylic acids is 1. The summed E-state index contributed by atoms with van der Waals surface area (Å²) in [6.45, 7) is 1.69. The molecule has 0 saturated carbocycles. The van der Waals surface area contributed by atoms with Gasteiger partial charge in [0, 0.05) is 17.1 Å². The number of carboxylic acid groups (broad SMARTS) is 1. The van der Waals surface area contributed by atoms with Crippen LogP contribution in [0.15, 0.2) is 36.5 Å². The SMILES string of the molecule is COc1ccc2ncc(CO)c([C@@H](O)CCC3(CC(=O)O)CCN(CCCc4cc(F)c(F)c(F)c4)CC3)c2c1. The van der Waals surface area contributed by atoms with E-state index in [1.807, 2.05) is 0 Å². The molecule has 2 aromatic carbocycles. The Labute approximate surface area is 231 Å². The summed E-state index contributed by atoms with van der Waals surface area (Å²) < 4.78 is 45.5. The van der Waals surface area contributed by atoms with Crippen molar-refractivity contribution in [3.63, 3.8) is 0 Å². The van der Waals surface area contributed by atoms with Crippen molar-refractivity contribution in [2.75, 3.05) is 26.7 Å². The van der Waals surface area contributed by atoms with Crippen LogP contribution in [0.4, 0.5) is 13.2 Å². The Morgan fingerprint density at radius 1 is 1.15 bits per heavy atom. The van der Waals surface area contributed by atoms with Gasteiger partial charge in [-0.2, -0.15) is 0 Å². The first-order valence-corrected chi connectivity index (χ1v) is 13.5. The summed E-state index contributed by atoms with van der Waals surface area (Å²) in [6.07, 6.45) is 3.69. The van der Waals surface area contributed by atoms with Crippen molar-refractivity contribution in [3.05, 3.63) is 70.7 Å². The molecule has 7 nitrogen and oxygen atoms in total. The molecule has 4 rings (SSSR count). The number of carbonyl (C=O) groups is 1. The summed E-state index contributed by atoms with van der Waals surface area (Å²) in [5.41, 5.74) is 1.64. The molecule has 0 spiro atoms. The predicted octanol–water partition coefficient (Wildman–Crippen LogP) is 5.16. The number of aryl methyl sites for hydroxylation is 1. The molecule has 3 aromatic rings. The molecule has 1 atom stereocenters. The Morgan fingerprint density at radius 2 is 1.85 bits per heavy atom. The number of aromatic nitrogens is 1. The smallest absolute Gasteiger partial charge is 0.303 e. The Morgan fingerprint density at radius 3 is 2.48 bits per heavy atom. The van der Waals surface area contributed by atoms with Gasteiger partial charge in [0.15, 0.2) is 17.5 Å². The number of piperidine rings is 1. The zero-order chi connectivity index (χ0) is 28.9. The first-order valence-electron chi connectivity index (χ1n) is 13.5. The van der Waals surface area contributed by atoms with Crippen LogP contribution in [0.1, 0.15) is 61.3 Å². The highest BCUT2D eigenvalue weighted by Gasteiger charge is 2.37. The third-order valence-corrected chi connectivity index (χ3v) is 8.08. The van der Waals surface area contributed by atoms with Gasteiger partial charge in [-0.15, -0.1) is 0 Å². The monoisotopic (exact) mass is 560 g/mol. The molecule has 0 aliphatic carbocycles. The molecule has 1 fully saturated rings. The second-order valence-corrected chi connectivity index (χ2v) is 10.7. The normalized spacial score (nSPS) is 16.2. The fraction of sp³-hybridized carbons (Fsp3) is 0.467. The van der Waals surface area contributed by atoms with Crippen LogP contribution < -0.4 is 4.74 Å². The van der Waals surface area contributed by atoms with Crippen LogP contribution in [0.25, 0.3) is 10.9 Å². The van der Waals surface area contributed by atoms with E-state index in [4.69, 9.17) is 4.74 Å². The molecular weight excluding hydrogens is 525 g/mol. The number of halogens is 3. The molecule has 0 radical (unpaired) electrons. The van der Waals surface area contributed by atoms with Crippen LogP contribution in [0.5, 0.6) is 5.75 Å². The van der Waals surface area contributed by atoms with Gasteiger partial charge in [0.2, 0.25) is 0 Å². The van der Waals surface area contributed by atoms with Gasteiger partial charge >= 0.3 is 5.97 Å². The molecule has 1 aromatic heterocycles. The molecule has 0 amide bonds. The number of ether oxygens (including phenoxy) is 1. The number of aliphatic hydroxyl groups is 2. The van der Waals surface area contributed by atoms with Gasteiger partial charge in [-0.3, -0.25) is 9.78 Å². The Hall–Kier alpha value is -3.21. The molecule has 3 N–H and O–H groups in total. The Bertz CT molecular complexity index is 1320. The summed E-state index contributed by atoms with van der Waals surface area (Å²) in [6, 6.07) is 7.37. The first kappa shape index (κ1) is 29.8. The summed E-state index contributed by atoms with van der Waals surface area (Å²) in [4.78, 5) is 18.4. The lowest BCUT2D eigenvalue weighted by Gasteiger charge is -2.41. The average Bonchev–Trinajstić information content (AvgIpc) is 2.94. The number of aliphatic hydroxyl groups excluding tert-OH is 2. The van der Waals surface area contributed by atoms with Crippen molar-refractivity contribution in [2.45, 2.75) is 57.7 Å². The molecule has 0 unspecified atom stereocenters. The molecule has 10 heteroatoms. The van der Waals surface area contributed by atoms with Gasteiger partial charge < -0.3 is 25.0 Å². The van der Waals surface area contributed by atoms with E-state index in [0.717, 1.165) is 12.1 Å². The Balaban J connectivity index is 1.40. The van der Waals surface area contributed by atoms with E-state index in [0.29, 0.717) is 91.5 Å². The minimum Gasteiger partial charge on any atom is -0.497 e. The highest BCUT2D eigenvalue weighted by atomic mass is 19.2. The van der Waals surface area contributed by atoms with Gasteiger partial charge in [-0.1, -0.05) is 0 Å². The molecule has 1 aliphatic rings. The maximum absolute atomic E-state index is 13.5. The van der Waals surface area contributed by atoms with E-state index in [1.165, 1.54) is 0 Å². The number of aliphatic carboxylic acids is 1. The molecule has 1 aliphatic heterocycles. The lowest BCUT2D eigenvalue weighted by atomic mass is 9.71. The lowest BCUT2D eigenvalue weighted by molar-refractivity contribution is -0.141. The van der Waals surface area contributed by atoms with E-state index < -0.39 is 34.9 Å². The van der Waals surface area contributed by atoms with Crippen molar-refractivity contribution in [2.24, 2.45) is 5.41 Å². The topological polar surface area (TPSA) is 103 Å². The first-order chi connectivity index (χ1) is 19.1. The second kappa shape index (κ2) is 13.0. The number of benzene rings is 2. The number of hydrogen-bond acceptors (Lipinski definition) is 6. The fourth-order valence-electron chi connectivity index (χ4n) is 5.81. The molecule has 1 saturated heterocycles. The van der Waals surface area contributed by atoms with Gasteiger partial charge in [-0.05, 0) is 105 Å². The number of likely N-dealkylation sites (tertiary alicyclic amines) is 1. The highest BCUT2D eigenvalue weighted by Crippen LogP contribution is 2.42. The predicted molar refractivity (Wildman–Crippen MR) is 143 cm³/mol. The van der Waals surface area contributed by atoms with Gasteiger partial charge in [0.05, 0.1) is 31.8 Å². The van der Waals surface area contributed by atoms with E-state index in [9.17, 15) is 33.3 Å². The fourth-order valence-corrected chi connectivity index (χ4v) is 5.81. The van der Waals surface area contributed by atoms with Crippen LogP contribution >= 0.6 is 0 Å². The summed E-state index contributed by atoms with van der Waals surface area (Å²) in [5, 5.41) is 31.6. The molecule has 216 valence electrons. The molecular formula is C30H35F3N2O5. The van der Waals surface area contributed by atoms with Gasteiger partial charge in [-0.25, -0.2) is 13.2 Å². The second-order valence-electron chi connectivity index (χ2n) is 10.7. The maximum Gasteiger partial charge on any atom is 0.303 e. The van der Waals surface area contributed by atoms with Crippen LogP contribution in [0, 0.1) is 22.9 Å². The van der Waals surface area contributed by atoms with Crippen molar-refractivity contribution in [1.29, 1.82) is 0 Å². The summed E-state index contributed by atoms with van der Waals surface area (Å²) in [5.74, 6) is -4.15. The van der Waals surface area contributed by atoms with Gasteiger partial charge in [0.1, 0.15) is 5.75 Å². The largest absolute Gasteiger partial charge is 0.497 e. The summed E-state index contributed by atoms with van der Waals surface area (Å²) in [7, 11) is 1.55. The van der Waals surface area contributed by atoms with E-state index in [2.05, 4.69) is 9.88 Å². The van der Waals surface area contributed by atoms with E-state index >= 15 is 0 Å². The van der Waals surface area contributed by atoms with Crippen molar-refractivity contribution in [1.82, 2.24) is 9.88 Å². The molecule has 40 heavy (non-hydrogen) atoms. The van der Waals surface area contributed by atoms with Crippen molar-refractivity contribution >= 4 is 16.9 Å². The Kier molecular flexibility index (Phi) is 9.65. The molecule has 2 heterocycles. The van der Waals surface area contributed by atoms with E-state index in [1.54, 1.807) is 31.5 Å². The van der Waals surface area contributed by atoms with Crippen LogP contribution in [-0.2, 0) is 17.8 Å². The quantitative estimate of drug-likeness (QED) is 0.263. The third-order valence-electron chi connectivity index (χ3n) is 8.08. The number of methoxy groups -OCH3 is 1. The zero-order valence-electron chi connectivity index (χ0n) is 22.5. The third kappa shape index (κ3) is 6.92. The minimum absolute atomic E-state index is 0.0144. The number of fused-ring (bicyclic) bond motifs is 1. The van der Waals surface area contributed by atoms with Gasteiger partial charge in [0.25, 0.3) is 0 Å². The number of rotatable bonds is 12. The molecule has 0 bridgehead atoms. The van der Waals surface area contributed by atoms with E-state index in [-0.39, 0.29) is 13.0 Å². The average molecular weight is 561 g/mol. The van der Waals surface area contributed by atoms with Crippen molar-refractivity contribution < 1.29 is 38.0 Å². The summed E-state index contributed by atoms with van der Waals surface area (Å²) >= 11 is 0. The minimum atomic E-state index is -1.47. The van der Waals surface area contributed by atoms with Crippen LogP contribution in [-0.4, -0.2) is 57.9 Å². The van der Waals surface area contributed by atoms with Crippen molar-refractivity contribution in [3.8, 4) is 5.75 Å². The standard InChI is InChI=1S/C30H35F3N2O5/c1-40-21-4-5-25-22(15-21)28(20(18-36)17-34-25)26(37)6-7-30(16-27(38)39)8-11-35(12-9-30)10-2-3-19-13-23(31)29(33)24(32)14-19/h4-5,13-15,17,26,36-37H,2-3,6-12,16,18H2,1H3,(H,38,39)/t26-/m0/s1. The number of pyridine rings is 1. The highest BCUT2D eigenvalue weighted by molar-refractivity contribution is 5.85. The lowest BCUT2D eigenvalue weighted by Crippen LogP contribution is -2.41. The number of hydrogen-bond donors (Lipinski definition) is 3. The van der Waals surface area contributed by atoms with Crippen LogP contribution in [0.2, 0.25) is 0 Å². The maximum atomic E-state index is 13.5. The van der Waals surface area contributed by atoms with Crippen LogP contribution in [0.3, 0.4) is 0 Å².